The summed E-state index contributed by atoms with van der Waals surface area (Å²) in [5.74, 6) is 0.732. The van der Waals surface area contributed by atoms with Crippen LogP contribution in [0.15, 0.2) is 0 Å². The molecule has 98 valence electrons. The molecule has 0 aromatic rings. The second-order valence-corrected chi connectivity index (χ2v) is 5.86. The van der Waals surface area contributed by atoms with Crippen LogP contribution < -0.4 is 0 Å². The summed E-state index contributed by atoms with van der Waals surface area (Å²) in [5, 5.41) is 8.92. The molecule has 3 heteroatoms. The van der Waals surface area contributed by atoms with E-state index in [0.717, 1.165) is 25.4 Å². The normalized spacial score (nSPS) is 21.6. The molecule has 0 aromatic heterocycles. The molecular weight excluding hydrogens is 212 g/mol. The molecule has 1 rings (SSSR count). The van der Waals surface area contributed by atoms with Gasteiger partial charge in [0.25, 0.3) is 0 Å². The molecule has 0 aliphatic carbocycles. The van der Waals surface area contributed by atoms with Crippen molar-refractivity contribution >= 4 is 0 Å². The third kappa shape index (κ3) is 5.52. The lowest BCUT2D eigenvalue weighted by Crippen LogP contribution is -2.23. The highest BCUT2D eigenvalue weighted by molar-refractivity contribution is 4.91. The molecule has 1 aliphatic heterocycles. The number of hydrogen-bond donors (Lipinski definition) is 0. The van der Waals surface area contributed by atoms with E-state index >= 15 is 0 Å². The van der Waals surface area contributed by atoms with Crippen molar-refractivity contribution in [3.8, 4) is 6.07 Å². The second-order valence-electron chi connectivity index (χ2n) is 5.86. The number of methoxy groups -OCH3 is 1. The van der Waals surface area contributed by atoms with Gasteiger partial charge in [0.15, 0.2) is 0 Å². The van der Waals surface area contributed by atoms with Gasteiger partial charge in [0.2, 0.25) is 0 Å². The highest BCUT2D eigenvalue weighted by Crippen LogP contribution is 2.22. The molecule has 17 heavy (non-hydrogen) atoms. The number of rotatable bonds is 7. The zero-order chi connectivity index (χ0) is 12.7. The first-order chi connectivity index (χ1) is 8.07. The Kier molecular flexibility index (Phi) is 5.94. The maximum atomic E-state index is 8.92. The number of unbranched alkanes of at least 4 members (excludes halogenated alkanes) is 1. The highest BCUT2D eigenvalue weighted by Gasteiger charge is 2.22. The van der Waals surface area contributed by atoms with Crippen LogP contribution >= 0.6 is 0 Å². The standard InChI is InChI=1S/C14H26N2O/c1-14(2,12-15)7-4-5-8-16-9-6-13(10-16)11-17-3/h13H,4-11H2,1-3H3. The van der Waals surface area contributed by atoms with E-state index in [9.17, 15) is 0 Å². The van der Waals surface area contributed by atoms with Gasteiger partial charge in [0.1, 0.15) is 0 Å². The van der Waals surface area contributed by atoms with Gasteiger partial charge in [-0.2, -0.15) is 5.26 Å². The van der Waals surface area contributed by atoms with Crippen molar-refractivity contribution in [2.75, 3.05) is 33.4 Å². The molecule has 0 amide bonds. The molecule has 0 N–H and O–H groups in total. The Morgan fingerprint density at radius 3 is 2.82 bits per heavy atom. The third-order valence-electron chi connectivity index (χ3n) is 3.60. The summed E-state index contributed by atoms with van der Waals surface area (Å²) in [5.41, 5.74) is -0.149. The van der Waals surface area contributed by atoms with Gasteiger partial charge in [-0.15, -0.1) is 0 Å². The predicted octanol–water partition coefficient (Wildman–Crippen LogP) is 2.67. The summed E-state index contributed by atoms with van der Waals surface area (Å²) >= 11 is 0. The predicted molar refractivity (Wildman–Crippen MR) is 69.7 cm³/mol. The number of hydrogen-bond acceptors (Lipinski definition) is 3. The van der Waals surface area contributed by atoms with Gasteiger partial charge in [-0.3, -0.25) is 0 Å². The fraction of sp³-hybridized carbons (Fsp3) is 0.929. The topological polar surface area (TPSA) is 36.3 Å². The average molecular weight is 238 g/mol. The van der Waals surface area contributed by atoms with E-state index in [1.54, 1.807) is 7.11 Å². The molecule has 0 spiro atoms. The molecule has 0 radical (unpaired) electrons. The summed E-state index contributed by atoms with van der Waals surface area (Å²) < 4.78 is 5.20. The number of nitriles is 1. The van der Waals surface area contributed by atoms with Gasteiger partial charge in [0, 0.05) is 13.7 Å². The smallest absolute Gasteiger partial charge is 0.0683 e. The van der Waals surface area contributed by atoms with Crippen LogP contribution in [-0.4, -0.2) is 38.3 Å². The maximum Gasteiger partial charge on any atom is 0.0683 e. The first kappa shape index (κ1) is 14.5. The zero-order valence-corrected chi connectivity index (χ0v) is 11.5. The van der Waals surface area contributed by atoms with Crippen molar-refractivity contribution in [3.63, 3.8) is 0 Å². The van der Waals surface area contributed by atoms with Crippen LogP contribution in [0.1, 0.15) is 39.5 Å². The average Bonchev–Trinajstić information content (AvgIpc) is 2.73. The van der Waals surface area contributed by atoms with Crippen LogP contribution in [-0.2, 0) is 4.74 Å². The van der Waals surface area contributed by atoms with Crippen molar-refractivity contribution in [2.45, 2.75) is 39.5 Å². The Bertz CT molecular complexity index is 257. The Labute approximate surface area is 106 Å². The highest BCUT2D eigenvalue weighted by atomic mass is 16.5. The molecule has 1 saturated heterocycles. The zero-order valence-electron chi connectivity index (χ0n) is 11.5. The van der Waals surface area contributed by atoms with Gasteiger partial charge in [-0.1, -0.05) is 6.42 Å². The lowest BCUT2D eigenvalue weighted by Gasteiger charge is -2.18. The van der Waals surface area contributed by atoms with E-state index in [0.29, 0.717) is 0 Å². The summed E-state index contributed by atoms with van der Waals surface area (Å²) in [6, 6.07) is 2.36. The first-order valence-electron chi connectivity index (χ1n) is 6.70. The molecule has 0 saturated carbocycles. The van der Waals surface area contributed by atoms with Crippen LogP contribution in [0.3, 0.4) is 0 Å². The van der Waals surface area contributed by atoms with Crippen molar-refractivity contribution in [1.82, 2.24) is 4.90 Å². The fourth-order valence-electron chi connectivity index (χ4n) is 2.45. The van der Waals surface area contributed by atoms with Crippen LogP contribution in [0, 0.1) is 22.7 Å². The van der Waals surface area contributed by atoms with Crippen LogP contribution in [0.5, 0.6) is 0 Å². The number of ether oxygens (including phenoxy) is 1. The van der Waals surface area contributed by atoms with Gasteiger partial charge < -0.3 is 9.64 Å². The van der Waals surface area contributed by atoms with Crippen molar-refractivity contribution in [3.05, 3.63) is 0 Å². The fourth-order valence-corrected chi connectivity index (χ4v) is 2.45. The lowest BCUT2D eigenvalue weighted by molar-refractivity contribution is 0.153. The van der Waals surface area contributed by atoms with Gasteiger partial charge in [-0.05, 0) is 52.1 Å². The second kappa shape index (κ2) is 6.98. The monoisotopic (exact) mass is 238 g/mol. The van der Waals surface area contributed by atoms with E-state index in [2.05, 4.69) is 11.0 Å². The molecule has 1 aliphatic rings. The van der Waals surface area contributed by atoms with Crippen molar-refractivity contribution in [1.29, 1.82) is 5.26 Å². The Morgan fingerprint density at radius 2 is 2.18 bits per heavy atom. The SMILES string of the molecule is COCC1CCN(CCCCC(C)(C)C#N)C1. The number of likely N-dealkylation sites (tertiary alicyclic amines) is 1. The van der Waals surface area contributed by atoms with E-state index in [4.69, 9.17) is 10.00 Å². The minimum absolute atomic E-state index is 0.149. The molecule has 0 bridgehead atoms. The van der Waals surface area contributed by atoms with E-state index in [1.165, 1.54) is 32.5 Å². The van der Waals surface area contributed by atoms with Crippen LogP contribution in [0.25, 0.3) is 0 Å². The summed E-state index contributed by atoms with van der Waals surface area (Å²) in [6.45, 7) is 8.54. The van der Waals surface area contributed by atoms with Gasteiger partial charge in [-0.25, -0.2) is 0 Å². The molecule has 0 aromatic carbocycles. The first-order valence-corrected chi connectivity index (χ1v) is 6.70. The Balaban J connectivity index is 2.07. The van der Waals surface area contributed by atoms with E-state index in [1.807, 2.05) is 13.8 Å². The minimum atomic E-state index is -0.149. The summed E-state index contributed by atoms with van der Waals surface area (Å²) in [6.07, 6.45) is 4.66. The lowest BCUT2D eigenvalue weighted by atomic mass is 9.89. The Hall–Kier alpha value is -0.590. The molecule has 3 nitrogen and oxygen atoms in total. The molecular formula is C14H26N2O. The summed E-state index contributed by atoms with van der Waals surface area (Å²) in [7, 11) is 1.78. The maximum absolute atomic E-state index is 8.92. The molecule has 1 fully saturated rings. The van der Waals surface area contributed by atoms with Crippen LogP contribution in [0.2, 0.25) is 0 Å². The third-order valence-corrected chi connectivity index (χ3v) is 3.60. The molecule has 1 atom stereocenters. The van der Waals surface area contributed by atoms with E-state index < -0.39 is 0 Å². The Morgan fingerprint density at radius 1 is 1.41 bits per heavy atom. The number of nitrogens with zero attached hydrogens (tertiary/aromatic N) is 2. The van der Waals surface area contributed by atoms with E-state index in [-0.39, 0.29) is 5.41 Å². The van der Waals surface area contributed by atoms with Gasteiger partial charge >= 0.3 is 0 Å². The largest absolute Gasteiger partial charge is 0.384 e. The van der Waals surface area contributed by atoms with Crippen molar-refractivity contribution in [2.24, 2.45) is 11.3 Å². The van der Waals surface area contributed by atoms with Crippen LogP contribution in [0.4, 0.5) is 0 Å². The van der Waals surface area contributed by atoms with Gasteiger partial charge in [0.05, 0.1) is 18.1 Å². The van der Waals surface area contributed by atoms with Crippen molar-refractivity contribution < 1.29 is 4.74 Å². The quantitative estimate of drug-likeness (QED) is 0.640. The molecule has 1 unspecified atom stereocenters. The summed E-state index contributed by atoms with van der Waals surface area (Å²) in [4.78, 5) is 2.53. The minimum Gasteiger partial charge on any atom is -0.384 e. The molecule has 1 heterocycles.